The molecule has 0 radical (unpaired) electrons. The van der Waals surface area contributed by atoms with Gasteiger partial charge < -0.3 is 9.47 Å². The Balaban J connectivity index is 1.72. The molecule has 0 aromatic rings. The Kier molecular flexibility index (Phi) is 3.79. The van der Waals surface area contributed by atoms with Crippen LogP contribution in [0.3, 0.4) is 0 Å². The van der Waals surface area contributed by atoms with Crippen molar-refractivity contribution < 1.29 is 9.47 Å². The maximum absolute atomic E-state index is 5.63. The van der Waals surface area contributed by atoms with Crippen molar-refractivity contribution in [2.24, 2.45) is 0 Å². The third-order valence-electron chi connectivity index (χ3n) is 3.17. The van der Waals surface area contributed by atoms with Crippen molar-refractivity contribution in [2.45, 2.75) is 38.3 Å². The number of hydrogen-bond acceptors (Lipinski definition) is 3. The number of likely N-dealkylation sites (tertiary alicyclic amines) is 1. The average molecular weight is 199 g/mol. The fourth-order valence-electron chi connectivity index (χ4n) is 2.30. The van der Waals surface area contributed by atoms with E-state index in [2.05, 4.69) is 11.8 Å². The standard InChI is InChI=1S/C11H21NO2/c1-2-6-13-7-10-4-3-5-12(10)11-8-14-9-11/h10-11H,2-9H2,1H3. The summed E-state index contributed by atoms with van der Waals surface area (Å²) in [5.74, 6) is 0. The molecule has 0 aliphatic carbocycles. The van der Waals surface area contributed by atoms with Crippen LogP contribution in [0.5, 0.6) is 0 Å². The number of hydrogen-bond donors (Lipinski definition) is 0. The summed E-state index contributed by atoms with van der Waals surface area (Å²) in [6, 6.07) is 1.35. The first-order valence-electron chi connectivity index (χ1n) is 5.83. The first-order valence-corrected chi connectivity index (χ1v) is 5.83. The van der Waals surface area contributed by atoms with Gasteiger partial charge in [0.2, 0.25) is 0 Å². The molecule has 3 nitrogen and oxygen atoms in total. The molecular formula is C11H21NO2. The van der Waals surface area contributed by atoms with E-state index >= 15 is 0 Å². The van der Waals surface area contributed by atoms with E-state index in [1.807, 2.05) is 0 Å². The Morgan fingerprint density at radius 1 is 1.43 bits per heavy atom. The molecule has 2 rings (SSSR count). The van der Waals surface area contributed by atoms with Gasteiger partial charge in [0.1, 0.15) is 0 Å². The Morgan fingerprint density at radius 3 is 2.93 bits per heavy atom. The minimum atomic E-state index is 0.662. The molecule has 3 heteroatoms. The van der Waals surface area contributed by atoms with E-state index in [0.29, 0.717) is 12.1 Å². The van der Waals surface area contributed by atoms with Crippen molar-refractivity contribution >= 4 is 0 Å². The van der Waals surface area contributed by atoms with E-state index in [1.54, 1.807) is 0 Å². The van der Waals surface area contributed by atoms with E-state index in [0.717, 1.165) is 32.8 Å². The highest BCUT2D eigenvalue weighted by Crippen LogP contribution is 2.23. The largest absolute Gasteiger partial charge is 0.380 e. The van der Waals surface area contributed by atoms with Gasteiger partial charge >= 0.3 is 0 Å². The second kappa shape index (κ2) is 5.10. The van der Waals surface area contributed by atoms with Gasteiger partial charge in [-0.25, -0.2) is 0 Å². The number of rotatable bonds is 5. The van der Waals surface area contributed by atoms with Gasteiger partial charge in [0.25, 0.3) is 0 Å². The van der Waals surface area contributed by atoms with Gasteiger partial charge in [-0.2, -0.15) is 0 Å². The third kappa shape index (κ3) is 2.27. The van der Waals surface area contributed by atoms with Crippen LogP contribution < -0.4 is 0 Å². The molecule has 1 atom stereocenters. The normalized spacial score (nSPS) is 29.4. The van der Waals surface area contributed by atoms with Crippen molar-refractivity contribution in [1.82, 2.24) is 4.90 Å². The summed E-state index contributed by atoms with van der Waals surface area (Å²) >= 11 is 0. The van der Waals surface area contributed by atoms with Crippen molar-refractivity contribution in [3.63, 3.8) is 0 Å². The fourth-order valence-corrected chi connectivity index (χ4v) is 2.30. The minimum Gasteiger partial charge on any atom is -0.380 e. The third-order valence-corrected chi connectivity index (χ3v) is 3.17. The molecule has 0 aromatic carbocycles. The molecule has 2 heterocycles. The van der Waals surface area contributed by atoms with Crippen molar-refractivity contribution in [2.75, 3.05) is 33.0 Å². The van der Waals surface area contributed by atoms with Gasteiger partial charge in [-0.3, -0.25) is 4.90 Å². The zero-order valence-electron chi connectivity index (χ0n) is 9.08. The van der Waals surface area contributed by atoms with Gasteiger partial charge in [0.05, 0.1) is 25.9 Å². The molecule has 0 spiro atoms. The highest BCUT2D eigenvalue weighted by atomic mass is 16.5. The molecule has 0 N–H and O–H groups in total. The van der Waals surface area contributed by atoms with Crippen LogP contribution in [0.1, 0.15) is 26.2 Å². The van der Waals surface area contributed by atoms with Crippen molar-refractivity contribution in [3.8, 4) is 0 Å². The topological polar surface area (TPSA) is 21.7 Å². The Hall–Kier alpha value is -0.120. The molecule has 0 amide bonds. The molecule has 1 unspecified atom stereocenters. The second-order valence-electron chi connectivity index (χ2n) is 4.30. The smallest absolute Gasteiger partial charge is 0.0645 e. The molecule has 0 aromatic heterocycles. The molecule has 0 saturated carbocycles. The quantitative estimate of drug-likeness (QED) is 0.623. The van der Waals surface area contributed by atoms with Gasteiger partial charge in [-0.1, -0.05) is 6.92 Å². The predicted molar refractivity (Wildman–Crippen MR) is 55.4 cm³/mol. The highest BCUT2D eigenvalue weighted by molar-refractivity contribution is 4.87. The van der Waals surface area contributed by atoms with Crippen molar-refractivity contribution in [1.29, 1.82) is 0 Å². The van der Waals surface area contributed by atoms with Gasteiger partial charge in [0, 0.05) is 12.6 Å². The van der Waals surface area contributed by atoms with Crippen LogP contribution in [-0.4, -0.2) is 50.0 Å². The van der Waals surface area contributed by atoms with E-state index in [4.69, 9.17) is 9.47 Å². The average Bonchev–Trinajstić information content (AvgIpc) is 2.51. The molecule has 2 saturated heterocycles. The first kappa shape index (κ1) is 10.4. The Bertz CT molecular complexity index is 171. The van der Waals surface area contributed by atoms with Crippen LogP contribution in [-0.2, 0) is 9.47 Å². The van der Waals surface area contributed by atoms with Crippen LogP contribution in [0, 0.1) is 0 Å². The lowest BCUT2D eigenvalue weighted by Gasteiger charge is -2.38. The minimum absolute atomic E-state index is 0.662. The lowest BCUT2D eigenvalue weighted by atomic mass is 10.1. The molecule has 0 bridgehead atoms. The maximum atomic E-state index is 5.63. The summed E-state index contributed by atoms with van der Waals surface area (Å²) < 4.78 is 10.9. The zero-order valence-corrected chi connectivity index (χ0v) is 9.08. The molecule has 14 heavy (non-hydrogen) atoms. The second-order valence-corrected chi connectivity index (χ2v) is 4.30. The Morgan fingerprint density at radius 2 is 2.29 bits per heavy atom. The summed E-state index contributed by atoms with van der Waals surface area (Å²) in [5, 5.41) is 0. The van der Waals surface area contributed by atoms with E-state index < -0.39 is 0 Å². The lowest BCUT2D eigenvalue weighted by molar-refractivity contribution is -0.0783. The predicted octanol–water partition coefficient (Wildman–Crippen LogP) is 1.28. The van der Waals surface area contributed by atoms with Crippen molar-refractivity contribution in [3.05, 3.63) is 0 Å². The molecule has 2 fully saturated rings. The molecule has 82 valence electrons. The molecule has 2 aliphatic rings. The SMILES string of the molecule is CCCOCC1CCCN1C1COC1. The first-order chi connectivity index (χ1) is 6.92. The van der Waals surface area contributed by atoms with Gasteiger partial charge in [-0.15, -0.1) is 0 Å². The highest BCUT2D eigenvalue weighted by Gasteiger charge is 2.34. The van der Waals surface area contributed by atoms with Gasteiger partial charge in [-0.05, 0) is 25.8 Å². The summed E-state index contributed by atoms with van der Waals surface area (Å²) in [5.41, 5.74) is 0. The summed E-state index contributed by atoms with van der Waals surface area (Å²) in [4.78, 5) is 2.58. The fraction of sp³-hybridized carbons (Fsp3) is 1.00. The van der Waals surface area contributed by atoms with Crippen LogP contribution >= 0.6 is 0 Å². The van der Waals surface area contributed by atoms with Crippen LogP contribution in [0.4, 0.5) is 0 Å². The molecule has 2 aliphatic heterocycles. The lowest BCUT2D eigenvalue weighted by Crippen LogP contribution is -2.52. The summed E-state index contributed by atoms with van der Waals surface area (Å²) in [6.45, 7) is 7.10. The van der Waals surface area contributed by atoms with E-state index in [1.165, 1.54) is 19.4 Å². The molecular weight excluding hydrogens is 178 g/mol. The number of nitrogens with zero attached hydrogens (tertiary/aromatic N) is 1. The monoisotopic (exact) mass is 199 g/mol. The zero-order chi connectivity index (χ0) is 9.80. The van der Waals surface area contributed by atoms with Crippen LogP contribution in [0.15, 0.2) is 0 Å². The number of ether oxygens (including phenoxy) is 2. The van der Waals surface area contributed by atoms with Gasteiger partial charge in [0.15, 0.2) is 0 Å². The summed E-state index contributed by atoms with van der Waals surface area (Å²) in [6.07, 6.45) is 3.76. The van der Waals surface area contributed by atoms with E-state index in [9.17, 15) is 0 Å². The summed E-state index contributed by atoms with van der Waals surface area (Å²) in [7, 11) is 0. The van der Waals surface area contributed by atoms with Crippen LogP contribution in [0.25, 0.3) is 0 Å². The van der Waals surface area contributed by atoms with Crippen LogP contribution in [0.2, 0.25) is 0 Å². The van der Waals surface area contributed by atoms with E-state index in [-0.39, 0.29) is 0 Å². The Labute approximate surface area is 86.4 Å². The maximum Gasteiger partial charge on any atom is 0.0645 e.